The van der Waals surface area contributed by atoms with Crippen molar-refractivity contribution >= 4 is 23.3 Å². The van der Waals surface area contributed by atoms with Crippen LogP contribution < -0.4 is 5.32 Å². The van der Waals surface area contributed by atoms with E-state index in [0.29, 0.717) is 22.4 Å². The van der Waals surface area contributed by atoms with Crippen molar-refractivity contribution in [2.75, 3.05) is 11.6 Å². The number of hydrogen-bond donors (Lipinski definition) is 1. The van der Waals surface area contributed by atoms with E-state index in [9.17, 15) is 5.26 Å². The lowest BCUT2D eigenvalue weighted by Crippen LogP contribution is -2.01. The van der Waals surface area contributed by atoms with E-state index in [2.05, 4.69) is 26.3 Å². The van der Waals surface area contributed by atoms with E-state index < -0.39 is 0 Å². The molecule has 108 valence electrons. The Morgan fingerprint density at radius 2 is 2.14 bits per heavy atom. The second-order valence-electron chi connectivity index (χ2n) is 4.24. The lowest BCUT2D eigenvalue weighted by molar-refractivity contribution is 0.575. The zero-order chi connectivity index (χ0) is 15.4. The zero-order valence-corrected chi connectivity index (χ0v) is 12.5. The van der Waals surface area contributed by atoms with Crippen molar-refractivity contribution in [1.82, 2.24) is 15.0 Å². The third-order valence-corrected chi connectivity index (χ3v) is 3.47. The summed E-state index contributed by atoms with van der Waals surface area (Å²) in [5, 5.41) is 13.0. The molecular weight excluding hydrogens is 298 g/mol. The van der Waals surface area contributed by atoms with Crippen LogP contribution in [0.3, 0.4) is 0 Å². The van der Waals surface area contributed by atoms with Gasteiger partial charge in [0.1, 0.15) is 17.9 Å². The number of thioether (sulfide) groups is 1. The molecule has 0 radical (unpaired) electrons. The van der Waals surface area contributed by atoms with E-state index in [-0.39, 0.29) is 0 Å². The van der Waals surface area contributed by atoms with Crippen LogP contribution in [-0.4, -0.2) is 21.2 Å². The van der Waals surface area contributed by atoms with Crippen LogP contribution in [-0.2, 0) is 0 Å². The fourth-order valence-electron chi connectivity index (χ4n) is 1.90. The normalized spacial score (nSPS) is 10.2. The molecule has 0 spiro atoms. The van der Waals surface area contributed by atoms with Gasteiger partial charge in [-0.05, 0) is 18.4 Å². The number of anilines is 2. The highest BCUT2D eigenvalue weighted by Gasteiger charge is 2.12. The number of nitriles is 1. The summed E-state index contributed by atoms with van der Waals surface area (Å²) in [4.78, 5) is 12.6. The van der Waals surface area contributed by atoms with Crippen molar-refractivity contribution in [3.8, 4) is 17.5 Å². The topological polar surface area (TPSA) is 87.6 Å². The van der Waals surface area contributed by atoms with E-state index in [0.717, 1.165) is 11.3 Å². The molecule has 0 amide bonds. The molecule has 7 heteroatoms. The Bertz CT molecular complexity index is 826. The van der Waals surface area contributed by atoms with Gasteiger partial charge >= 0.3 is 0 Å². The van der Waals surface area contributed by atoms with Gasteiger partial charge < -0.3 is 9.73 Å². The van der Waals surface area contributed by atoms with E-state index in [1.54, 1.807) is 6.20 Å². The van der Waals surface area contributed by atoms with Crippen molar-refractivity contribution in [3.63, 3.8) is 0 Å². The van der Waals surface area contributed by atoms with E-state index in [4.69, 9.17) is 4.42 Å². The molecule has 0 aliphatic carbocycles. The summed E-state index contributed by atoms with van der Waals surface area (Å²) in [7, 11) is 0. The lowest BCUT2D eigenvalue weighted by atomic mass is 10.1. The predicted molar refractivity (Wildman–Crippen MR) is 83.7 cm³/mol. The van der Waals surface area contributed by atoms with Crippen LogP contribution in [0.1, 0.15) is 5.56 Å². The highest BCUT2D eigenvalue weighted by molar-refractivity contribution is 7.98. The van der Waals surface area contributed by atoms with Crippen LogP contribution in [0.5, 0.6) is 0 Å². The minimum Gasteiger partial charge on any atom is -0.444 e. The maximum atomic E-state index is 9.21. The Morgan fingerprint density at radius 3 is 2.86 bits per heavy atom. The minimum atomic E-state index is 0.375. The fraction of sp³-hybridized carbons (Fsp3) is 0.0667. The number of rotatable bonds is 4. The number of nitrogens with one attached hydrogen (secondary N) is 1. The lowest BCUT2D eigenvalue weighted by Gasteiger charge is -2.10. The second-order valence-corrected chi connectivity index (χ2v) is 5.01. The van der Waals surface area contributed by atoms with Gasteiger partial charge in [-0.15, -0.1) is 0 Å². The number of para-hydroxylation sites is 1. The van der Waals surface area contributed by atoms with Crippen molar-refractivity contribution in [2.24, 2.45) is 0 Å². The van der Waals surface area contributed by atoms with Gasteiger partial charge in [-0.25, -0.2) is 15.0 Å². The number of nitrogens with zero attached hydrogens (tertiary/aromatic N) is 4. The maximum Gasteiger partial charge on any atom is 0.227 e. The van der Waals surface area contributed by atoms with Gasteiger partial charge in [0.25, 0.3) is 0 Å². The van der Waals surface area contributed by atoms with Gasteiger partial charge in [0, 0.05) is 0 Å². The van der Waals surface area contributed by atoms with Gasteiger partial charge in [0.05, 0.1) is 23.6 Å². The third-order valence-electron chi connectivity index (χ3n) is 2.91. The highest BCUT2D eigenvalue weighted by Crippen LogP contribution is 2.29. The standard InChI is InChI=1S/C15H11N5OS/c1-22-15-18-9-10(8-16)13(20-15)19-12-5-3-2-4-11(12)14-17-6-7-21-14/h2-7,9H,1H3,(H,18,19,20). The molecule has 2 aromatic heterocycles. The van der Waals surface area contributed by atoms with Gasteiger partial charge in [-0.1, -0.05) is 23.9 Å². The molecule has 0 saturated carbocycles. The first-order chi connectivity index (χ1) is 10.8. The quantitative estimate of drug-likeness (QED) is 0.583. The molecular formula is C15H11N5OS. The molecule has 0 fully saturated rings. The zero-order valence-electron chi connectivity index (χ0n) is 11.6. The van der Waals surface area contributed by atoms with E-state index >= 15 is 0 Å². The van der Waals surface area contributed by atoms with Gasteiger partial charge in [-0.3, -0.25) is 0 Å². The minimum absolute atomic E-state index is 0.375. The first kappa shape index (κ1) is 14.1. The summed E-state index contributed by atoms with van der Waals surface area (Å²) in [5.41, 5.74) is 1.92. The Balaban J connectivity index is 2.03. The van der Waals surface area contributed by atoms with Crippen LogP contribution in [0.2, 0.25) is 0 Å². The number of oxazole rings is 1. The second kappa shape index (κ2) is 6.28. The molecule has 0 aliphatic heterocycles. The van der Waals surface area contributed by atoms with Crippen molar-refractivity contribution in [2.45, 2.75) is 5.16 Å². The molecule has 6 nitrogen and oxygen atoms in total. The maximum absolute atomic E-state index is 9.21. The SMILES string of the molecule is CSc1ncc(C#N)c(Nc2ccccc2-c2ncco2)n1. The Labute approximate surface area is 131 Å². The Morgan fingerprint density at radius 1 is 1.27 bits per heavy atom. The first-order valence-corrected chi connectivity index (χ1v) is 7.61. The predicted octanol–water partition coefficient (Wildman–Crippen LogP) is 3.47. The van der Waals surface area contributed by atoms with Gasteiger partial charge in [0.2, 0.25) is 5.89 Å². The van der Waals surface area contributed by atoms with E-state index in [1.165, 1.54) is 24.2 Å². The molecule has 0 aliphatic rings. The number of hydrogen-bond acceptors (Lipinski definition) is 7. The summed E-state index contributed by atoms with van der Waals surface area (Å²) in [6.45, 7) is 0. The van der Waals surface area contributed by atoms with Crippen LogP contribution in [0.4, 0.5) is 11.5 Å². The van der Waals surface area contributed by atoms with Gasteiger partial charge in [-0.2, -0.15) is 5.26 Å². The van der Waals surface area contributed by atoms with Crippen molar-refractivity contribution in [3.05, 3.63) is 48.5 Å². The molecule has 1 aromatic carbocycles. The molecule has 22 heavy (non-hydrogen) atoms. The summed E-state index contributed by atoms with van der Waals surface area (Å²) in [5.74, 6) is 0.960. The van der Waals surface area contributed by atoms with Crippen molar-refractivity contribution < 1.29 is 4.42 Å². The molecule has 3 aromatic rings. The molecule has 3 rings (SSSR count). The molecule has 1 N–H and O–H groups in total. The summed E-state index contributed by atoms with van der Waals surface area (Å²) < 4.78 is 5.35. The Hall–Kier alpha value is -2.85. The smallest absolute Gasteiger partial charge is 0.227 e. The molecule has 2 heterocycles. The fourth-order valence-corrected chi connectivity index (χ4v) is 2.24. The van der Waals surface area contributed by atoms with Crippen LogP contribution in [0, 0.1) is 11.3 Å². The Kier molecular flexibility index (Phi) is 4.03. The highest BCUT2D eigenvalue weighted by atomic mass is 32.2. The summed E-state index contributed by atoms with van der Waals surface area (Å²) in [6, 6.07) is 9.63. The van der Waals surface area contributed by atoms with E-state index in [1.807, 2.05) is 30.5 Å². The van der Waals surface area contributed by atoms with Crippen LogP contribution in [0.25, 0.3) is 11.5 Å². The largest absolute Gasteiger partial charge is 0.444 e. The summed E-state index contributed by atoms with van der Waals surface area (Å²) >= 11 is 1.41. The monoisotopic (exact) mass is 309 g/mol. The molecule has 0 unspecified atom stereocenters. The third kappa shape index (κ3) is 2.77. The van der Waals surface area contributed by atoms with Crippen LogP contribution in [0.15, 0.2) is 52.5 Å². The molecule has 0 saturated heterocycles. The first-order valence-electron chi connectivity index (χ1n) is 6.39. The van der Waals surface area contributed by atoms with Gasteiger partial charge in [0.15, 0.2) is 11.0 Å². The average molecular weight is 309 g/mol. The van der Waals surface area contributed by atoms with Crippen LogP contribution >= 0.6 is 11.8 Å². The average Bonchev–Trinajstić information content (AvgIpc) is 3.09. The van der Waals surface area contributed by atoms with Crippen molar-refractivity contribution in [1.29, 1.82) is 5.26 Å². The molecule has 0 atom stereocenters. The summed E-state index contributed by atoms with van der Waals surface area (Å²) in [6.07, 6.45) is 6.49. The molecule has 0 bridgehead atoms. The number of aromatic nitrogens is 3. The number of benzene rings is 1.